The lowest BCUT2D eigenvalue weighted by Crippen LogP contribution is -1.72. The lowest BCUT2D eigenvalue weighted by molar-refractivity contribution is 0.156. The summed E-state index contributed by atoms with van der Waals surface area (Å²) in [4.78, 5) is 0.156. The Balaban J connectivity index is 2.57. The first-order valence-corrected chi connectivity index (χ1v) is 5.56. The van der Waals surface area contributed by atoms with Crippen LogP contribution in [0.15, 0.2) is 15.9 Å². The van der Waals surface area contributed by atoms with Crippen molar-refractivity contribution in [3.8, 4) is 0 Å². The Morgan fingerprint density at radius 3 is 2.42 bits per heavy atom. The summed E-state index contributed by atoms with van der Waals surface area (Å²) in [5.74, 6) is 0. The van der Waals surface area contributed by atoms with E-state index in [0.29, 0.717) is 0 Å². The molecule has 0 bridgehead atoms. The van der Waals surface area contributed by atoms with Crippen molar-refractivity contribution in [2.75, 3.05) is 0 Å². The number of alkyl halides is 2. The molecule has 0 N–H and O–H groups in total. The van der Waals surface area contributed by atoms with Crippen molar-refractivity contribution >= 4 is 48.0 Å². The second kappa shape index (κ2) is 3.05. The van der Waals surface area contributed by atoms with Gasteiger partial charge < -0.3 is 0 Å². The first kappa shape index (κ1) is 8.59. The van der Waals surface area contributed by atoms with Gasteiger partial charge in [-0.15, -0.1) is 22.7 Å². The molecule has 2 rings (SSSR count). The number of thiophene rings is 2. The minimum absolute atomic E-state index is 0.156. The molecule has 0 spiro atoms. The maximum absolute atomic E-state index is 12.2. The van der Waals surface area contributed by atoms with Crippen molar-refractivity contribution in [3.05, 3.63) is 20.8 Å². The smallest absolute Gasteiger partial charge is 0.204 e. The van der Waals surface area contributed by atoms with E-state index in [9.17, 15) is 8.78 Å². The fraction of sp³-hybridized carbons (Fsp3) is 0.143. The monoisotopic (exact) mass is 268 g/mol. The van der Waals surface area contributed by atoms with E-state index in [1.807, 2.05) is 6.07 Å². The summed E-state index contributed by atoms with van der Waals surface area (Å²) in [5, 5.41) is 0. The number of fused-ring (bicyclic) bond motifs is 1. The van der Waals surface area contributed by atoms with Gasteiger partial charge >= 0.3 is 0 Å². The highest BCUT2D eigenvalue weighted by Gasteiger charge is 2.12. The van der Waals surface area contributed by atoms with Gasteiger partial charge in [0.15, 0.2) is 0 Å². The van der Waals surface area contributed by atoms with Gasteiger partial charge in [-0.3, -0.25) is 0 Å². The van der Waals surface area contributed by atoms with Gasteiger partial charge in [0.05, 0.1) is 8.66 Å². The van der Waals surface area contributed by atoms with Gasteiger partial charge in [-0.25, -0.2) is 8.78 Å². The molecule has 0 fully saturated rings. The number of hydrogen-bond donors (Lipinski definition) is 0. The standard InChI is InChI=1S/C7H3BrF2S2/c8-6-2-4-3(12-6)1-5(11-4)7(9)10/h1-2,7H. The largest absolute Gasteiger partial charge is 0.272 e. The van der Waals surface area contributed by atoms with Crippen LogP contribution in [0.3, 0.4) is 0 Å². The van der Waals surface area contributed by atoms with E-state index in [-0.39, 0.29) is 4.88 Å². The molecule has 0 aromatic carbocycles. The molecular formula is C7H3BrF2S2. The van der Waals surface area contributed by atoms with Crippen molar-refractivity contribution in [3.63, 3.8) is 0 Å². The van der Waals surface area contributed by atoms with Gasteiger partial charge in [0.2, 0.25) is 0 Å². The molecule has 0 nitrogen and oxygen atoms in total. The van der Waals surface area contributed by atoms with Crippen molar-refractivity contribution < 1.29 is 8.78 Å². The van der Waals surface area contributed by atoms with Crippen molar-refractivity contribution in [2.24, 2.45) is 0 Å². The van der Waals surface area contributed by atoms with Crippen LogP contribution in [0.5, 0.6) is 0 Å². The molecule has 0 saturated carbocycles. The van der Waals surface area contributed by atoms with Crippen LogP contribution in [0.1, 0.15) is 11.3 Å². The second-order valence-corrected chi connectivity index (χ2v) is 5.81. The van der Waals surface area contributed by atoms with E-state index < -0.39 is 6.43 Å². The van der Waals surface area contributed by atoms with Crippen LogP contribution in [0.4, 0.5) is 8.78 Å². The van der Waals surface area contributed by atoms with Crippen LogP contribution < -0.4 is 0 Å². The molecule has 0 radical (unpaired) electrons. The van der Waals surface area contributed by atoms with Crippen LogP contribution in [0, 0.1) is 0 Å². The van der Waals surface area contributed by atoms with Crippen molar-refractivity contribution in [1.82, 2.24) is 0 Å². The molecule has 12 heavy (non-hydrogen) atoms. The zero-order valence-electron chi connectivity index (χ0n) is 5.68. The summed E-state index contributed by atoms with van der Waals surface area (Å²) in [5.41, 5.74) is 0. The summed E-state index contributed by atoms with van der Waals surface area (Å²) >= 11 is 5.94. The Morgan fingerprint density at radius 1 is 1.17 bits per heavy atom. The number of halogens is 3. The summed E-state index contributed by atoms with van der Waals surface area (Å²) in [7, 11) is 0. The lowest BCUT2D eigenvalue weighted by Gasteiger charge is -1.88. The second-order valence-electron chi connectivity index (χ2n) is 2.23. The van der Waals surface area contributed by atoms with E-state index in [4.69, 9.17) is 0 Å². The normalized spacial score (nSPS) is 11.7. The van der Waals surface area contributed by atoms with Gasteiger partial charge in [0.25, 0.3) is 6.43 Å². The highest BCUT2D eigenvalue weighted by molar-refractivity contribution is 9.11. The highest BCUT2D eigenvalue weighted by Crippen LogP contribution is 2.38. The molecule has 0 unspecified atom stereocenters. The van der Waals surface area contributed by atoms with E-state index in [1.54, 1.807) is 6.07 Å². The summed E-state index contributed by atoms with van der Waals surface area (Å²) in [6, 6.07) is 3.43. The highest BCUT2D eigenvalue weighted by atomic mass is 79.9. The third kappa shape index (κ3) is 1.41. The average Bonchev–Trinajstić information content (AvgIpc) is 2.42. The molecule has 2 aromatic heterocycles. The topological polar surface area (TPSA) is 0 Å². The van der Waals surface area contributed by atoms with Crippen LogP contribution in [0.25, 0.3) is 9.40 Å². The van der Waals surface area contributed by atoms with Crippen molar-refractivity contribution in [2.45, 2.75) is 6.43 Å². The van der Waals surface area contributed by atoms with Gasteiger partial charge in [-0.2, -0.15) is 0 Å². The molecule has 64 valence electrons. The van der Waals surface area contributed by atoms with E-state index >= 15 is 0 Å². The predicted octanol–water partition coefficient (Wildman–Crippen LogP) is 4.66. The molecule has 0 aliphatic heterocycles. The minimum Gasteiger partial charge on any atom is -0.204 e. The Hall–Kier alpha value is -0.0000000000000000833. The minimum atomic E-state index is -2.34. The number of hydrogen-bond acceptors (Lipinski definition) is 2. The predicted molar refractivity (Wildman–Crippen MR) is 52.4 cm³/mol. The summed E-state index contributed by atoms with van der Waals surface area (Å²) in [6.45, 7) is 0. The van der Waals surface area contributed by atoms with Gasteiger partial charge in [0.1, 0.15) is 0 Å². The zero-order chi connectivity index (χ0) is 8.72. The molecule has 0 amide bonds. The fourth-order valence-corrected chi connectivity index (χ4v) is 3.82. The van der Waals surface area contributed by atoms with Crippen LogP contribution >= 0.6 is 38.6 Å². The van der Waals surface area contributed by atoms with Gasteiger partial charge in [-0.1, -0.05) is 0 Å². The fourth-order valence-electron chi connectivity index (χ4n) is 0.933. The molecule has 5 heteroatoms. The molecule has 0 aliphatic rings. The lowest BCUT2D eigenvalue weighted by atomic mass is 10.4. The molecule has 0 saturated heterocycles. The maximum atomic E-state index is 12.2. The number of rotatable bonds is 1. The quantitative estimate of drug-likeness (QED) is 0.706. The third-order valence-electron chi connectivity index (χ3n) is 1.41. The van der Waals surface area contributed by atoms with Crippen LogP contribution in [-0.2, 0) is 0 Å². The van der Waals surface area contributed by atoms with Crippen molar-refractivity contribution in [1.29, 1.82) is 0 Å². The Bertz CT molecular complexity index is 373. The zero-order valence-corrected chi connectivity index (χ0v) is 8.90. The first-order chi connectivity index (χ1) is 5.66. The molecule has 2 aromatic rings. The van der Waals surface area contributed by atoms with Crippen LogP contribution in [-0.4, -0.2) is 0 Å². The SMILES string of the molecule is FC(F)c1cc2sc(Br)cc2s1. The Morgan fingerprint density at radius 2 is 1.83 bits per heavy atom. The van der Waals surface area contributed by atoms with E-state index in [1.165, 1.54) is 11.3 Å². The van der Waals surface area contributed by atoms with E-state index in [0.717, 1.165) is 24.5 Å². The van der Waals surface area contributed by atoms with Crippen LogP contribution in [0.2, 0.25) is 0 Å². The first-order valence-electron chi connectivity index (χ1n) is 3.14. The average molecular weight is 269 g/mol. The van der Waals surface area contributed by atoms with E-state index in [2.05, 4.69) is 15.9 Å². The third-order valence-corrected chi connectivity index (χ3v) is 4.21. The van der Waals surface area contributed by atoms with Gasteiger partial charge in [-0.05, 0) is 28.1 Å². The molecule has 2 heterocycles. The molecule has 0 atom stereocenters. The van der Waals surface area contributed by atoms with Gasteiger partial charge in [0, 0.05) is 9.40 Å². The summed E-state index contributed by atoms with van der Waals surface area (Å²) in [6.07, 6.45) is -2.34. The molecular weight excluding hydrogens is 266 g/mol. The maximum Gasteiger partial charge on any atom is 0.272 e. The molecule has 0 aliphatic carbocycles. The Labute approximate surface area is 84.0 Å². The summed E-state index contributed by atoms with van der Waals surface area (Å²) < 4.78 is 27.2. The Kier molecular flexibility index (Phi) is 2.18.